The number of aliphatic hydroxyl groups excluding tert-OH is 1. The quantitative estimate of drug-likeness (QED) is 0.720. The maximum Gasteiger partial charge on any atom is 0.103 e. The zero-order valence-electron chi connectivity index (χ0n) is 6.74. The highest BCUT2D eigenvalue weighted by Gasteiger charge is 2.14. The maximum absolute atomic E-state index is 9.63. The van der Waals surface area contributed by atoms with Gasteiger partial charge >= 0.3 is 0 Å². The van der Waals surface area contributed by atoms with E-state index in [-0.39, 0.29) is 12.1 Å². The van der Waals surface area contributed by atoms with E-state index in [4.69, 9.17) is 0 Å². The fourth-order valence-electron chi connectivity index (χ4n) is 0.864. The van der Waals surface area contributed by atoms with Crippen molar-refractivity contribution in [1.29, 1.82) is 0 Å². The van der Waals surface area contributed by atoms with Crippen LogP contribution in [-0.4, -0.2) is 18.2 Å². The summed E-state index contributed by atoms with van der Waals surface area (Å²) < 4.78 is 0. The second kappa shape index (κ2) is 3.85. The van der Waals surface area contributed by atoms with Gasteiger partial charge in [-0.2, -0.15) is 0 Å². The summed E-state index contributed by atoms with van der Waals surface area (Å²) in [4.78, 5) is 1.02. The Balaban J connectivity index is 2.62. The van der Waals surface area contributed by atoms with Crippen molar-refractivity contribution in [2.75, 3.05) is 7.05 Å². The van der Waals surface area contributed by atoms with E-state index in [1.54, 1.807) is 11.3 Å². The summed E-state index contributed by atoms with van der Waals surface area (Å²) in [5, 5.41) is 14.6. The van der Waals surface area contributed by atoms with E-state index in [1.807, 2.05) is 31.5 Å². The molecule has 0 saturated heterocycles. The minimum atomic E-state index is -0.375. The third-order valence-electron chi connectivity index (χ3n) is 1.76. The highest BCUT2D eigenvalue weighted by molar-refractivity contribution is 7.10. The van der Waals surface area contributed by atoms with Crippen LogP contribution in [0.3, 0.4) is 0 Å². The van der Waals surface area contributed by atoms with Gasteiger partial charge in [0.05, 0.1) is 0 Å². The Kier molecular flexibility index (Phi) is 3.05. The predicted octanol–water partition coefficient (Wildman–Crippen LogP) is 1.39. The Labute approximate surface area is 70.9 Å². The lowest BCUT2D eigenvalue weighted by Crippen LogP contribution is -2.28. The standard InChI is InChI=1S/C8H13NOS/c1-6(9-2)8(10)7-4-3-5-11-7/h3-6,8-10H,1-2H3. The minimum Gasteiger partial charge on any atom is -0.386 e. The van der Waals surface area contributed by atoms with Crippen molar-refractivity contribution < 1.29 is 5.11 Å². The van der Waals surface area contributed by atoms with Crippen LogP contribution in [0.15, 0.2) is 17.5 Å². The Hall–Kier alpha value is -0.380. The van der Waals surface area contributed by atoms with E-state index in [0.717, 1.165) is 4.88 Å². The van der Waals surface area contributed by atoms with Crippen LogP contribution in [0.25, 0.3) is 0 Å². The van der Waals surface area contributed by atoms with Crippen molar-refractivity contribution in [3.63, 3.8) is 0 Å². The third-order valence-corrected chi connectivity index (χ3v) is 2.71. The number of likely N-dealkylation sites (N-methyl/N-ethyl adjacent to an activating group) is 1. The first kappa shape index (κ1) is 8.71. The molecule has 3 heteroatoms. The van der Waals surface area contributed by atoms with Crippen molar-refractivity contribution in [2.24, 2.45) is 0 Å². The number of thiophene rings is 1. The lowest BCUT2D eigenvalue weighted by atomic mass is 10.1. The monoisotopic (exact) mass is 171 g/mol. The van der Waals surface area contributed by atoms with Crippen molar-refractivity contribution in [3.05, 3.63) is 22.4 Å². The second-order valence-electron chi connectivity index (χ2n) is 2.54. The molecule has 62 valence electrons. The molecule has 0 aliphatic carbocycles. The van der Waals surface area contributed by atoms with Gasteiger partial charge in [0.2, 0.25) is 0 Å². The molecule has 0 amide bonds. The fourth-order valence-corrected chi connectivity index (χ4v) is 1.68. The molecule has 0 aliphatic rings. The van der Waals surface area contributed by atoms with Gasteiger partial charge in [0.15, 0.2) is 0 Å². The molecule has 1 aromatic heterocycles. The van der Waals surface area contributed by atoms with Gasteiger partial charge in [-0.25, -0.2) is 0 Å². The summed E-state index contributed by atoms with van der Waals surface area (Å²) in [6.45, 7) is 1.96. The molecule has 0 radical (unpaired) electrons. The van der Waals surface area contributed by atoms with Gasteiger partial charge in [0.25, 0.3) is 0 Å². The number of hydrogen-bond donors (Lipinski definition) is 2. The molecule has 0 aromatic carbocycles. The van der Waals surface area contributed by atoms with E-state index in [1.165, 1.54) is 0 Å². The second-order valence-corrected chi connectivity index (χ2v) is 3.52. The Morgan fingerprint density at radius 3 is 2.82 bits per heavy atom. The average Bonchev–Trinajstić information content (AvgIpc) is 2.53. The Bertz CT molecular complexity index is 198. The largest absolute Gasteiger partial charge is 0.386 e. The van der Waals surface area contributed by atoms with Crippen molar-refractivity contribution >= 4 is 11.3 Å². The van der Waals surface area contributed by atoms with Gasteiger partial charge in [0.1, 0.15) is 6.10 Å². The van der Waals surface area contributed by atoms with Crippen LogP contribution in [0.4, 0.5) is 0 Å². The van der Waals surface area contributed by atoms with Crippen LogP contribution < -0.4 is 5.32 Å². The molecule has 0 fully saturated rings. The lowest BCUT2D eigenvalue weighted by Gasteiger charge is -2.16. The van der Waals surface area contributed by atoms with Gasteiger partial charge in [0, 0.05) is 10.9 Å². The van der Waals surface area contributed by atoms with Crippen molar-refractivity contribution in [1.82, 2.24) is 5.32 Å². The first-order valence-corrected chi connectivity index (χ1v) is 4.52. The molecular weight excluding hydrogens is 158 g/mol. The van der Waals surface area contributed by atoms with E-state index in [9.17, 15) is 5.11 Å². The molecule has 2 N–H and O–H groups in total. The van der Waals surface area contributed by atoms with Gasteiger partial charge in [-0.05, 0) is 25.4 Å². The van der Waals surface area contributed by atoms with Crippen LogP contribution in [0.5, 0.6) is 0 Å². The Morgan fingerprint density at radius 2 is 2.36 bits per heavy atom. The lowest BCUT2D eigenvalue weighted by molar-refractivity contribution is 0.143. The molecule has 1 rings (SSSR count). The first-order chi connectivity index (χ1) is 5.25. The molecule has 0 saturated carbocycles. The summed E-state index contributed by atoms with van der Waals surface area (Å²) in [6.07, 6.45) is -0.375. The van der Waals surface area contributed by atoms with Gasteiger partial charge in [-0.15, -0.1) is 11.3 Å². The Morgan fingerprint density at radius 1 is 1.64 bits per heavy atom. The van der Waals surface area contributed by atoms with E-state index in [0.29, 0.717) is 0 Å². The van der Waals surface area contributed by atoms with E-state index < -0.39 is 0 Å². The van der Waals surface area contributed by atoms with Crippen LogP contribution in [0.2, 0.25) is 0 Å². The number of hydrogen-bond acceptors (Lipinski definition) is 3. The molecule has 11 heavy (non-hydrogen) atoms. The van der Waals surface area contributed by atoms with Crippen LogP contribution in [0, 0.1) is 0 Å². The molecule has 0 bridgehead atoms. The maximum atomic E-state index is 9.63. The first-order valence-electron chi connectivity index (χ1n) is 3.64. The topological polar surface area (TPSA) is 32.3 Å². The zero-order chi connectivity index (χ0) is 8.27. The van der Waals surface area contributed by atoms with E-state index in [2.05, 4.69) is 5.32 Å². The summed E-state index contributed by atoms with van der Waals surface area (Å²) in [5.41, 5.74) is 0. The number of aliphatic hydroxyl groups is 1. The highest BCUT2D eigenvalue weighted by Crippen LogP contribution is 2.21. The summed E-state index contributed by atoms with van der Waals surface area (Å²) in [6, 6.07) is 4.02. The van der Waals surface area contributed by atoms with Crippen LogP contribution in [0.1, 0.15) is 17.9 Å². The predicted molar refractivity (Wildman–Crippen MR) is 47.8 cm³/mol. The third kappa shape index (κ3) is 2.02. The molecule has 2 atom stereocenters. The SMILES string of the molecule is CNC(C)C(O)c1cccs1. The molecule has 2 unspecified atom stereocenters. The summed E-state index contributed by atoms with van der Waals surface area (Å²) >= 11 is 1.58. The fraction of sp³-hybridized carbons (Fsp3) is 0.500. The number of nitrogens with one attached hydrogen (secondary N) is 1. The van der Waals surface area contributed by atoms with Gasteiger partial charge in [-0.1, -0.05) is 6.07 Å². The molecule has 0 aliphatic heterocycles. The molecule has 2 nitrogen and oxygen atoms in total. The summed E-state index contributed by atoms with van der Waals surface area (Å²) in [7, 11) is 1.85. The molecule has 0 spiro atoms. The molecule has 1 aromatic rings. The molecular formula is C8H13NOS. The average molecular weight is 171 g/mol. The highest BCUT2D eigenvalue weighted by atomic mass is 32.1. The normalized spacial score (nSPS) is 16.3. The number of rotatable bonds is 3. The van der Waals surface area contributed by atoms with Crippen LogP contribution >= 0.6 is 11.3 Å². The minimum absolute atomic E-state index is 0.119. The van der Waals surface area contributed by atoms with Crippen molar-refractivity contribution in [3.8, 4) is 0 Å². The van der Waals surface area contributed by atoms with Crippen molar-refractivity contribution in [2.45, 2.75) is 19.1 Å². The van der Waals surface area contributed by atoms with Crippen LogP contribution in [-0.2, 0) is 0 Å². The zero-order valence-corrected chi connectivity index (χ0v) is 7.56. The van der Waals surface area contributed by atoms with E-state index >= 15 is 0 Å². The van der Waals surface area contributed by atoms with Gasteiger partial charge in [-0.3, -0.25) is 0 Å². The van der Waals surface area contributed by atoms with Gasteiger partial charge < -0.3 is 10.4 Å². The summed E-state index contributed by atoms with van der Waals surface area (Å²) in [5.74, 6) is 0. The smallest absolute Gasteiger partial charge is 0.103 e. The molecule has 1 heterocycles.